The highest BCUT2D eigenvalue weighted by atomic mass is 32.2. The molecule has 0 aromatic heterocycles. The van der Waals surface area contributed by atoms with Crippen molar-refractivity contribution in [2.24, 2.45) is 5.73 Å². The van der Waals surface area contributed by atoms with Crippen LogP contribution in [0.25, 0.3) is 0 Å². The number of likely N-dealkylation sites (tertiary alicyclic amines) is 1. The summed E-state index contributed by atoms with van der Waals surface area (Å²) in [6.07, 6.45) is 3.88. The number of carbonyl (C=O) groups is 1. The topological polar surface area (TPSA) is 55.6 Å². The highest BCUT2D eigenvalue weighted by molar-refractivity contribution is 7.99. The van der Waals surface area contributed by atoms with Crippen LogP contribution in [-0.2, 0) is 9.53 Å². The first-order chi connectivity index (χ1) is 8.24. The largest absolute Gasteiger partial charge is 0.465 e. The minimum Gasteiger partial charge on any atom is -0.465 e. The van der Waals surface area contributed by atoms with Gasteiger partial charge in [-0.1, -0.05) is 0 Å². The Balaban J connectivity index is 1.94. The molecule has 1 aliphatic heterocycles. The van der Waals surface area contributed by atoms with Crippen molar-refractivity contribution in [3.05, 3.63) is 0 Å². The normalized spacial score (nSPS) is 18.2. The molecule has 100 valence electrons. The van der Waals surface area contributed by atoms with Crippen molar-refractivity contribution in [1.82, 2.24) is 4.90 Å². The maximum atomic E-state index is 11.2. The van der Waals surface area contributed by atoms with Crippen molar-refractivity contribution in [2.45, 2.75) is 32.2 Å². The van der Waals surface area contributed by atoms with E-state index in [1.54, 1.807) is 18.7 Å². The lowest BCUT2D eigenvalue weighted by Crippen LogP contribution is -2.34. The van der Waals surface area contributed by atoms with Gasteiger partial charge in [-0.25, -0.2) is 0 Å². The Hall–Kier alpha value is -0.260. The molecule has 0 radical (unpaired) electrons. The molecule has 1 saturated heterocycles. The van der Waals surface area contributed by atoms with Gasteiger partial charge in [0.2, 0.25) is 0 Å². The van der Waals surface area contributed by atoms with E-state index in [1.807, 2.05) is 0 Å². The summed E-state index contributed by atoms with van der Waals surface area (Å²) >= 11 is 1.75. The molecule has 0 aromatic carbocycles. The van der Waals surface area contributed by atoms with E-state index in [1.165, 1.54) is 38.9 Å². The Morgan fingerprint density at radius 3 is 2.82 bits per heavy atom. The van der Waals surface area contributed by atoms with Crippen LogP contribution in [0.3, 0.4) is 0 Å². The fourth-order valence-corrected chi connectivity index (χ4v) is 2.81. The summed E-state index contributed by atoms with van der Waals surface area (Å²) in [5, 5.41) is 0. The Morgan fingerprint density at radius 1 is 1.47 bits per heavy atom. The van der Waals surface area contributed by atoms with Crippen LogP contribution < -0.4 is 5.73 Å². The zero-order chi connectivity index (χ0) is 12.5. The van der Waals surface area contributed by atoms with Gasteiger partial charge in [-0.3, -0.25) is 4.79 Å². The molecule has 0 spiro atoms. The number of nitrogens with two attached hydrogens (primary N) is 1. The third-order valence-corrected chi connectivity index (χ3v) is 4.02. The number of hydrogen-bond acceptors (Lipinski definition) is 5. The van der Waals surface area contributed by atoms with Crippen LogP contribution in [0.15, 0.2) is 0 Å². The molecule has 0 aromatic rings. The van der Waals surface area contributed by atoms with Gasteiger partial charge < -0.3 is 15.4 Å². The van der Waals surface area contributed by atoms with Crippen LogP contribution in [0.4, 0.5) is 0 Å². The summed E-state index contributed by atoms with van der Waals surface area (Å²) in [6.45, 7) is 5.90. The predicted molar refractivity (Wildman–Crippen MR) is 72.2 cm³/mol. The molecular weight excluding hydrogens is 236 g/mol. The van der Waals surface area contributed by atoms with Gasteiger partial charge in [0.25, 0.3) is 0 Å². The molecular formula is C12H24N2O2S. The molecule has 2 N–H and O–H groups in total. The van der Waals surface area contributed by atoms with Crippen molar-refractivity contribution in [3.63, 3.8) is 0 Å². The van der Waals surface area contributed by atoms with Gasteiger partial charge in [0, 0.05) is 5.75 Å². The summed E-state index contributed by atoms with van der Waals surface area (Å²) in [4.78, 5) is 13.8. The third-order valence-electron chi connectivity index (χ3n) is 2.85. The molecule has 1 unspecified atom stereocenters. The molecule has 1 rings (SSSR count). The van der Waals surface area contributed by atoms with Gasteiger partial charge in [-0.15, -0.1) is 0 Å². The third kappa shape index (κ3) is 6.29. The van der Waals surface area contributed by atoms with Crippen molar-refractivity contribution in [1.29, 1.82) is 0 Å². The van der Waals surface area contributed by atoms with Crippen LogP contribution in [-0.4, -0.2) is 54.7 Å². The van der Waals surface area contributed by atoms with E-state index in [4.69, 9.17) is 10.5 Å². The molecule has 1 fully saturated rings. The van der Waals surface area contributed by atoms with Gasteiger partial charge in [-0.2, -0.15) is 11.8 Å². The van der Waals surface area contributed by atoms with Gasteiger partial charge in [-0.05, 0) is 51.6 Å². The van der Waals surface area contributed by atoms with Crippen molar-refractivity contribution in [3.8, 4) is 0 Å². The predicted octanol–water partition coefficient (Wildman–Crippen LogP) is 1.10. The number of esters is 1. The lowest BCUT2D eigenvalue weighted by molar-refractivity contribution is -0.144. The lowest BCUT2D eigenvalue weighted by atomic mass is 10.4. The molecule has 4 nitrogen and oxygen atoms in total. The van der Waals surface area contributed by atoms with Crippen LogP contribution in [0.5, 0.6) is 0 Å². The minimum absolute atomic E-state index is 0.278. The summed E-state index contributed by atoms with van der Waals surface area (Å²) in [5.74, 6) is 1.46. The quantitative estimate of drug-likeness (QED) is 0.523. The molecule has 1 atom stereocenters. The van der Waals surface area contributed by atoms with Gasteiger partial charge in [0.05, 0.1) is 6.61 Å². The Bertz CT molecular complexity index is 221. The highest BCUT2D eigenvalue weighted by Crippen LogP contribution is 2.10. The maximum Gasteiger partial charge on any atom is 0.323 e. The van der Waals surface area contributed by atoms with Crippen LogP contribution >= 0.6 is 11.8 Å². The second-order valence-electron chi connectivity index (χ2n) is 4.34. The summed E-state index contributed by atoms with van der Waals surface area (Å²) in [7, 11) is 0. The summed E-state index contributed by atoms with van der Waals surface area (Å²) in [5.41, 5.74) is 5.70. The summed E-state index contributed by atoms with van der Waals surface area (Å²) < 4.78 is 4.86. The second-order valence-corrected chi connectivity index (χ2v) is 5.49. The Labute approximate surface area is 108 Å². The Kier molecular flexibility index (Phi) is 7.64. The average Bonchev–Trinajstić information content (AvgIpc) is 2.81. The van der Waals surface area contributed by atoms with Crippen LogP contribution in [0.1, 0.15) is 26.2 Å². The molecule has 1 aliphatic rings. The SMILES string of the molecule is CCOC(=O)C(N)CSCCCN1CCCC1. The van der Waals surface area contributed by atoms with Gasteiger partial charge >= 0.3 is 5.97 Å². The van der Waals surface area contributed by atoms with E-state index in [0.29, 0.717) is 12.4 Å². The maximum absolute atomic E-state index is 11.2. The van der Waals surface area contributed by atoms with E-state index in [0.717, 1.165) is 5.75 Å². The Morgan fingerprint density at radius 2 is 2.18 bits per heavy atom. The zero-order valence-electron chi connectivity index (χ0n) is 10.7. The smallest absolute Gasteiger partial charge is 0.323 e. The summed E-state index contributed by atoms with van der Waals surface area (Å²) in [6, 6.07) is -0.466. The monoisotopic (exact) mass is 260 g/mol. The molecule has 0 aliphatic carbocycles. The molecule has 0 amide bonds. The standard InChI is InChI=1S/C12H24N2O2S/c1-2-16-12(15)11(13)10-17-9-5-8-14-6-3-4-7-14/h11H,2-10,13H2,1H3. The van der Waals surface area contributed by atoms with Crippen LogP contribution in [0.2, 0.25) is 0 Å². The van der Waals surface area contributed by atoms with Gasteiger partial charge in [0.1, 0.15) is 6.04 Å². The van der Waals surface area contributed by atoms with Crippen LogP contribution in [0, 0.1) is 0 Å². The molecule has 0 saturated carbocycles. The highest BCUT2D eigenvalue weighted by Gasteiger charge is 2.14. The number of rotatable bonds is 8. The zero-order valence-corrected chi connectivity index (χ0v) is 11.5. The molecule has 0 bridgehead atoms. The van der Waals surface area contributed by atoms with E-state index in [9.17, 15) is 4.79 Å². The van der Waals surface area contributed by atoms with E-state index in [2.05, 4.69) is 4.90 Å². The minimum atomic E-state index is -0.466. The van der Waals surface area contributed by atoms with Gasteiger partial charge in [0.15, 0.2) is 0 Å². The van der Waals surface area contributed by atoms with Crippen molar-refractivity contribution in [2.75, 3.05) is 37.7 Å². The fourth-order valence-electron chi connectivity index (χ4n) is 1.92. The molecule has 1 heterocycles. The molecule has 5 heteroatoms. The first-order valence-corrected chi connectivity index (χ1v) is 7.62. The number of thioether (sulfide) groups is 1. The van der Waals surface area contributed by atoms with Crippen molar-refractivity contribution >= 4 is 17.7 Å². The fraction of sp³-hybridized carbons (Fsp3) is 0.917. The first-order valence-electron chi connectivity index (χ1n) is 6.46. The van der Waals surface area contributed by atoms with E-state index < -0.39 is 6.04 Å². The average molecular weight is 260 g/mol. The van der Waals surface area contributed by atoms with Crippen molar-refractivity contribution < 1.29 is 9.53 Å². The first kappa shape index (κ1) is 14.8. The van der Waals surface area contributed by atoms with E-state index in [-0.39, 0.29) is 5.97 Å². The molecule has 17 heavy (non-hydrogen) atoms. The second kappa shape index (κ2) is 8.78. The lowest BCUT2D eigenvalue weighted by Gasteiger charge is -2.14. The number of carbonyl (C=O) groups excluding carboxylic acids is 1. The number of hydrogen-bond donors (Lipinski definition) is 1. The number of nitrogens with zero attached hydrogens (tertiary/aromatic N) is 1. The van der Waals surface area contributed by atoms with E-state index >= 15 is 0 Å². The number of ether oxygens (including phenoxy) is 1.